The molecule has 2 rings (SSSR count). The van der Waals surface area contributed by atoms with Crippen LogP contribution in [0.3, 0.4) is 0 Å². The third-order valence-corrected chi connectivity index (χ3v) is 5.93. The van der Waals surface area contributed by atoms with Gasteiger partial charge in [0, 0.05) is 19.0 Å². The van der Waals surface area contributed by atoms with E-state index in [-0.39, 0.29) is 28.2 Å². The molecule has 0 spiro atoms. The van der Waals surface area contributed by atoms with Crippen LogP contribution in [0.25, 0.3) is 0 Å². The molecule has 0 N–H and O–H groups in total. The van der Waals surface area contributed by atoms with Crippen LogP contribution in [-0.4, -0.2) is 31.1 Å². The van der Waals surface area contributed by atoms with E-state index in [0.717, 1.165) is 6.42 Å². The second-order valence-corrected chi connectivity index (χ2v) is 7.34. The average Bonchev–Trinajstić information content (AvgIpc) is 2.86. The Hall–Kier alpha value is -1.42. The van der Waals surface area contributed by atoms with Crippen molar-refractivity contribution in [2.24, 2.45) is 0 Å². The molecule has 0 aromatic heterocycles. The van der Waals surface area contributed by atoms with Crippen LogP contribution in [0, 0.1) is 11.3 Å². The first-order chi connectivity index (χ1) is 9.86. The Kier molecular flexibility index (Phi) is 4.67. The molecule has 1 heterocycles. The van der Waals surface area contributed by atoms with Crippen LogP contribution < -0.4 is 0 Å². The summed E-state index contributed by atoms with van der Waals surface area (Å²) in [6, 6.07) is 5.72. The lowest BCUT2D eigenvalue weighted by Gasteiger charge is -2.23. The van der Waals surface area contributed by atoms with Crippen molar-refractivity contribution >= 4 is 27.4 Å². The fourth-order valence-corrected chi connectivity index (χ4v) is 4.78. The summed E-state index contributed by atoms with van der Waals surface area (Å²) < 4.78 is 26.7. The van der Waals surface area contributed by atoms with Gasteiger partial charge in [0.05, 0.1) is 16.7 Å². The number of hydrogen-bond donors (Lipinski definition) is 0. The van der Waals surface area contributed by atoms with Crippen LogP contribution >= 0.6 is 11.6 Å². The third-order valence-electron chi connectivity index (χ3n) is 3.49. The minimum absolute atomic E-state index is 0.0152. The van der Waals surface area contributed by atoms with E-state index in [9.17, 15) is 13.2 Å². The van der Waals surface area contributed by atoms with Crippen LogP contribution in [0.4, 0.5) is 0 Å². The van der Waals surface area contributed by atoms with Gasteiger partial charge in [-0.05, 0) is 38.0 Å². The molecule has 0 amide bonds. The van der Waals surface area contributed by atoms with Crippen LogP contribution in [0.1, 0.15) is 31.7 Å². The Morgan fingerprint density at radius 1 is 1.52 bits per heavy atom. The molecule has 0 bridgehead atoms. The van der Waals surface area contributed by atoms with Gasteiger partial charge in [-0.15, -0.1) is 0 Å². The quantitative estimate of drug-likeness (QED) is 0.850. The summed E-state index contributed by atoms with van der Waals surface area (Å²) in [5.74, 6) is -0.0342. The Morgan fingerprint density at radius 3 is 2.81 bits per heavy atom. The van der Waals surface area contributed by atoms with Crippen molar-refractivity contribution < 1.29 is 13.2 Å². The van der Waals surface area contributed by atoms with Gasteiger partial charge in [-0.2, -0.15) is 9.57 Å². The van der Waals surface area contributed by atoms with Gasteiger partial charge in [-0.25, -0.2) is 8.42 Å². The van der Waals surface area contributed by atoms with E-state index in [1.54, 1.807) is 0 Å². The second kappa shape index (κ2) is 6.14. The minimum Gasteiger partial charge on any atom is -0.300 e. The number of ketones is 1. The van der Waals surface area contributed by atoms with Gasteiger partial charge in [0.15, 0.2) is 0 Å². The van der Waals surface area contributed by atoms with Gasteiger partial charge in [0.1, 0.15) is 10.7 Å². The van der Waals surface area contributed by atoms with E-state index in [2.05, 4.69) is 0 Å². The molecule has 5 nitrogen and oxygen atoms in total. The SMILES string of the molecule is CC(=O)CC1CCCN1S(=O)(=O)c1ccc(C#N)cc1Cl. The summed E-state index contributed by atoms with van der Waals surface area (Å²) in [5, 5.41) is 8.83. The van der Waals surface area contributed by atoms with Gasteiger partial charge in [0.2, 0.25) is 10.0 Å². The zero-order valence-corrected chi connectivity index (χ0v) is 13.1. The van der Waals surface area contributed by atoms with E-state index in [0.29, 0.717) is 18.5 Å². The maximum absolute atomic E-state index is 12.7. The van der Waals surface area contributed by atoms with Crippen molar-refractivity contribution in [2.75, 3.05) is 6.54 Å². The number of hydrogen-bond acceptors (Lipinski definition) is 4. The molecule has 1 aliphatic rings. The number of sulfonamides is 1. The van der Waals surface area contributed by atoms with Crippen LogP contribution in [0.2, 0.25) is 5.02 Å². The number of carbonyl (C=O) groups is 1. The van der Waals surface area contributed by atoms with Gasteiger partial charge < -0.3 is 0 Å². The van der Waals surface area contributed by atoms with Crippen molar-refractivity contribution in [3.8, 4) is 6.07 Å². The highest BCUT2D eigenvalue weighted by molar-refractivity contribution is 7.89. The summed E-state index contributed by atoms with van der Waals surface area (Å²) in [7, 11) is -3.75. The second-order valence-electron chi connectivity index (χ2n) is 5.07. The number of Topliss-reactive ketones (excluding diaryl/α,β-unsaturated/α-hetero) is 1. The van der Waals surface area contributed by atoms with Crippen molar-refractivity contribution in [3.63, 3.8) is 0 Å². The number of carbonyl (C=O) groups excluding carboxylic acids is 1. The molecule has 1 fully saturated rings. The summed E-state index contributed by atoms with van der Waals surface area (Å²) in [5.41, 5.74) is 0.306. The Bertz CT molecular complexity index is 709. The summed E-state index contributed by atoms with van der Waals surface area (Å²) in [6.07, 6.45) is 1.62. The molecule has 1 aromatic rings. The highest BCUT2D eigenvalue weighted by Gasteiger charge is 2.36. The van der Waals surface area contributed by atoms with E-state index < -0.39 is 10.0 Å². The molecule has 0 radical (unpaired) electrons. The number of rotatable bonds is 4. The first kappa shape index (κ1) is 16.0. The number of halogens is 1. The fourth-order valence-electron chi connectivity index (χ4n) is 2.57. The van der Waals surface area contributed by atoms with E-state index in [1.165, 1.54) is 29.4 Å². The Labute approximate surface area is 129 Å². The Balaban J connectivity index is 2.38. The summed E-state index contributed by atoms with van der Waals surface area (Å²) >= 11 is 6.00. The number of benzene rings is 1. The van der Waals surface area contributed by atoms with Crippen molar-refractivity contribution in [3.05, 3.63) is 28.8 Å². The molecule has 1 saturated heterocycles. The maximum Gasteiger partial charge on any atom is 0.244 e. The van der Waals surface area contributed by atoms with Gasteiger partial charge >= 0.3 is 0 Å². The van der Waals surface area contributed by atoms with Crippen LogP contribution in [-0.2, 0) is 14.8 Å². The average molecular weight is 327 g/mol. The highest BCUT2D eigenvalue weighted by Crippen LogP contribution is 2.31. The van der Waals surface area contributed by atoms with Gasteiger partial charge in [-0.1, -0.05) is 11.6 Å². The first-order valence-corrected chi connectivity index (χ1v) is 8.39. The fraction of sp³-hybridized carbons (Fsp3) is 0.429. The van der Waals surface area contributed by atoms with E-state index in [4.69, 9.17) is 16.9 Å². The third kappa shape index (κ3) is 3.26. The molecule has 1 atom stereocenters. The minimum atomic E-state index is -3.75. The maximum atomic E-state index is 12.7. The van der Waals surface area contributed by atoms with E-state index in [1.807, 2.05) is 6.07 Å². The van der Waals surface area contributed by atoms with Crippen LogP contribution in [0.15, 0.2) is 23.1 Å². The molecule has 1 aliphatic heterocycles. The van der Waals surface area contributed by atoms with E-state index >= 15 is 0 Å². The topological polar surface area (TPSA) is 78.2 Å². The monoisotopic (exact) mass is 326 g/mol. The largest absolute Gasteiger partial charge is 0.300 e. The van der Waals surface area contributed by atoms with Crippen LogP contribution in [0.5, 0.6) is 0 Å². The van der Waals surface area contributed by atoms with Crippen molar-refractivity contribution in [1.82, 2.24) is 4.31 Å². The zero-order valence-electron chi connectivity index (χ0n) is 11.5. The highest BCUT2D eigenvalue weighted by atomic mass is 35.5. The molecular weight excluding hydrogens is 312 g/mol. The van der Waals surface area contributed by atoms with Crippen molar-refractivity contribution in [2.45, 2.75) is 37.1 Å². The molecule has 1 aromatic carbocycles. The zero-order chi connectivity index (χ0) is 15.6. The normalized spacial score (nSPS) is 19.4. The molecule has 112 valence electrons. The lowest BCUT2D eigenvalue weighted by Crippen LogP contribution is -2.36. The first-order valence-electron chi connectivity index (χ1n) is 6.57. The smallest absolute Gasteiger partial charge is 0.244 e. The van der Waals surface area contributed by atoms with Crippen molar-refractivity contribution in [1.29, 1.82) is 5.26 Å². The predicted octanol–water partition coefficient (Wildman–Crippen LogP) is 2.34. The predicted molar refractivity (Wildman–Crippen MR) is 78.4 cm³/mol. The Morgan fingerprint density at radius 2 is 2.24 bits per heavy atom. The molecule has 1 unspecified atom stereocenters. The number of nitrogens with zero attached hydrogens (tertiary/aromatic N) is 2. The summed E-state index contributed by atoms with van der Waals surface area (Å²) in [4.78, 5) is 11.3. The lowest BCUT2D eigenvalue weighted by atomic mass is 10.1. The molecule has 7 heteroatoms. The standard InChI is InChI=1S/C14H15ClN2O3S/c1-10(18)7-12-3-2-6-17(12)21(19,20)14-5-4-11(9-16)8-13(14)15/h4-5,8,12H,2-3,6-7H2,1H3. The summed E-state index contributed by atoms with van der Waals surface area (Å²) in [6.45, 7) is 1.84. The molecule has 0 aliphatic carbocycles. The molecule has 0 saturated carbocycles. The molecule has 21 heavy (non-hydrogen) atoms. The van der Waals surface area contributed by atoms with Gasteiger partial charge in [-0.3, -0.25) is 4.79 Å². The number of nitriles is 1. The lowest BCUT2D eigenvalue weighted by molar-refractivity contribution is -0.117. The van der Waals surface area contributed by atoms with Gasteiger partial charge in [0.25, 0.3) is 0 Å². The molecular formula is C14H15ClN2O3S.